The summed E-state index contributed by atoms with van der Waals surface area (Å²) in [6.45, 7) is 2.98. The number of ether oxygens (including phenoxy) is 3. The van der Waals surface area contributed by atoms with Gasteiger partial charge in [-0.2, -0.15) is 13.2 Å². The number of alkyl halides is 3. The molecule has 38 heavy (non-hydrogen) atoms. The first kappa shape index (κ1) is 27.1. The van der Waals surface area contributed by atoms with E-state index in [0.29, 0.717) is 78.8 Å². The van der Waals surface area contributed by atoms with Crippen LogP contribution in [-0.2, 0) is 9.53 Å². The molecule has 11 nitrogen and oxygen atoms in total. The predicted molar refractivity (Wildman–Crippen MR) is 132 cm³/mol. The summed E-state index contributed by atoms with van der Waals surface area (Å²) in [6.07, 6.45) is -3.38. The van der Waals surface area contributed by atoms with Crippen molar-refractivity contribution in [2.24, 2.45) is 0 Å². The molecule has 1 aromatic carbocycles. The summed E-state index contributed by atoms with van der Waals surface area (Å²) in [5, 5.41) is 15.0. The van der Waals surface area contributed by atoms with Crippen molar-refractivity contribution < 1.29 is 42.1 Å². The Kier molecular flexibility index (Phi) is 8.02. The van der Waals surface area contributed by atoms with Crippen molar-refractivity contribution in [1.82, 2.24) is 14.9 Å². The topological polar surface area (TPSA) is 138 Å². The van der Waals surface area contributed by atoms with Crippen molar-refractivity contribution in [3.63, 3.8) is 0 Å². The smallest absolute Gasteiger partial charge is 0.485 e. The van der Waals surface area contributed by atoms with Gasteiger partial charge in [0.15, 0.2) is 11.5 Å². The quantitative estimate of drug-likeness (QED) is 0.376. The average molecular weight is 558 g/mol. The van der Waals surface area contributed by atoms with Gasteiger partial charge in [-0.1, -0.05) is 11.6 Å². The number of carbonyl (C=O) groups excluding carboxylic acids is 1. The molecule has 204 valence electrons. The number of aromatic amines is 1. The summed E-state index contributed by atoms with van der Waals surface area (Å²) < 4.78 is 48.8. The second-order valence-electron chi connectivity index (χ2n) is 8.01. The predicted octanol–water partition coefficient (Wildman–Crippen LogP) is 3.88. The maximum Gasteiger partial charge on any atom is 0.490 e. The van der Waals surface area contributed by atoms with Crippen LogP contribution in [0.15, 0.2) is 24.4 Å². The highest BCUT2D eigenvalue weighted by atomic mass is 35.5. The number of rotatable bonds is 4. The molecule has 3 aromatic rings. The molecule has 0 unspecified atom stereocenters. The molecular weight excluding hydrogens is 535 g/mol. The van der Waals surface area contributed by atoms with Gasteiger partial charge in [-0.15, -0.1) is 0 Å². The zero-order valence-electron chi connectivity index (χ0n) is 19.9. The van der Waals surface area contributed by atoms with Gasteiger partial charge in [0.05, 0.1) is 40.6 Å². The summed E-state index contributed by atoms with van der Waals surface area (Å²) >= 11 is 6.26. The molecule has 15 heteroatoms. The number of fused-ring (bicyclic) bond motifs is 2. The molecule has 5 rings (SSSR count). The van der Waals surface area contributed by atoms with Crippen LogP contribution in [0.5, 0.6) is 11.5 Å². The third-order valence-electron chi connectivity index (χ3n) is 5.59. The van der Waals surface area contributed by atoms with Crippen LogP contribution in [0.2, 0.25) is 5.02 Å². The number of carboxylic acids is 1. The Morgan fingerprint density at radius 1 is 1.11 bits per heavy atom. The molecule has 0 radical (unpaired) electrons. The van der Waals surface area contributed by atoms with E-state index in [1.165, 1.54) is 0 Å². The van der Waals surface area contributed by atoms with E-state index in [1.807, 2.05) is 19.2 Å². The normalized spacial score (nSPS) is 14.9. The standard InChI is InChI=1S/C21H22ClN5O4.C2HF3O2/c1-23-15-10-16(26-20-17(15)13(22)11-24-20)25-14-3-2-12(18-19(14)31-9-8-30-18)21(28)27-4-6-29-7-5-27;3-2(4,5)1(6)7/h2-3,10-11H,4-9H2,1H3,(H3,23,24,25,26);(H,6,7). The molecule has 2 aliphatic rings. The number of pyridine rings is 1. The van der Waals surface area contributed by atoms with Crippen molar-refractivity contribution in [1.29, 1.82) is 0 Å². The molecule has 0 atom stereocenters. The van der Waals surface area contributed by atoms with Gasteiger partial charge in [-0.05, 0) is 12.1 Å². The molecule has 0 spiro atoms. The molecule has 0 saturated carbocycles. The van der Waals surface area contributed by atoms with Crippen molar-refractivity contribution in [2.45, 2.75) is 6.18 Å². The van der Waals surface area contributed by atoms with Crippen molar-refractivity contribution in [3.8, 4) is 11.5 Å². The maximum absolute atomic E-state index is 13.1. The van der Waals surface area contributed by atoms with Crippen LogP contribution in [0.25, 0.3) is 11.0 Å². The first-order chi connectivity index (χ1) is 18.1. The zero-order valence-corrected chi connectivity index (χ0v) is 20.7. The Morgan fingerprint density at radius 2 is 1.76 bits per heavy atom. The number of anilines is 3. The molecule has 1 fully saturated rings. The lowest BCUT2D eigenvalue weighted by atomic mass is 10.1. The molecule has 2 aromatic heterocycles. The lowest BCUT2D eigenvalue weighted by Crippen LogP contribution is -2.41. The van der Waals surface area contributed by atoms with E-state index in [4.69, 9.17) is 35.7 Å². The van der Waals surface area contributed by atoms with Crippen molar-refractivity contribution in [3.05, 3.63) is 35.0 Å². The van der Waals surface area contributed by atoms with Crippen LogP contribution >= 0.6 is 11.6 Å². The van der Waals surface area contributed by atoms with Crippen molar-refractivity contribution in [2.75, 3.05) is 57.2 Å². The van der Waals surface area contributed by atoms with Crippen LogP contribution in [0.1, 0.15) is 10.4 Å². The number of hydrogen-bond acceptors (Lipinski definition) is 8. The highest BCUT2D eigenvalue weighted by Gasteiger charge is 2.38. The number of halogens is 4. The van der Waals surface area contributed by atoms with Gasteiger partial charge in [0.1, 0.15) is 24.7 Å². The van der Waals surface area contributed by atoms with E-state index in [2.05, 4.69) is 20.6 Å². The van der Waals surface area contributed by atoms with Gasteiger partial charge in [-0.25, -0.2) is 9.78 Å². The maximum atomic E-state index is 13.1. The van der Waals surface area contributed by atoms with Crippen LogP contribution in [0.4, 0.5) is 30.4 Å². The second-order valence-corrected chi connectivity index (χ2v) is 8.42. The Bertz CT molecular complexity index is 1340. The zero-order chi connectivity index (χ0) is 27.4. The number of morpholine rings is 1. The minimum absolute atomic E-state index is 0.0883. The molecule has 0 bridgehead atoms. The lowest BCUT2D eigenvalue weighted by Gasteiger charge is -2.29. The third kappa shape index (κ3) is 5.81. The molecular formula is C23H23ClF3N5O6. The van der Waals surface area contributed by atoms with E-state index >= 15 is 0 Å². The minimum atomic E-state index is -5.08. The third-order valence-corrected chi connectivity index (χ3v) is 5.88. The second kappa shape index (κ2) is 11.2. The van der Waals surface area contributed by atoms with Gasteiger partial charge in [-0.3, -0.25) is 4.79 Å². The number of nitrogens with one attached hydrogen (secondary N) is 3. The first-order valence-electron chi connectivity index (χ1n) is 11.3. The van der Waals surface area contributed by atoms with Crippen LogP contribution in [-0.4, -0.2) is 84.6 Å². The fourth-order valence-electron chi connectivity index (χ4n) is 3.83. The summed E-state index contributed by atoms with van der Waals surface area (Å²) in [6, 6.07) is 5.44. The summed E-state index contributed by atoms with van der Waals surface area (Å²) in [4.78, 5) is 31.4. The van der Waals surface area contributed by atoms with Gasteiger partial charge in [0.2, 0.25) is 0 Å². The van der Waals surface area contributed by atoms with Crippen LogP contribution in [0, 0.1) is 0 Å². The van der Waals surface area contributed by atoms with Gasteiger partial charge < -0.3 is 39.8 Å². The first-order valence-corrected chi connectivity index (χ1v) is 11.7. The Morgan fingerprint density at radius 3 is 2.39 bits per heavy atom. The summed E-state index contributed by atoms with van der Waals surface area (Å²) in [7, 11) is 1.83. The fraction of sp³-hybridized carbons (Fsp3) is 0.348. The van der Waals surface area contributed by atoms with E-state index in [-0.39, 0.29) is 5.91 Å². The molecule has 2 aliphatic heterocycles. The highest BCUT2D eigenvalue weighted by molar-refractivity contribution is 6.36. The largest absolute Gasteiger partial charge is 0.490 e. The monoisotopic (exact) mass is 557 g/mol. The van der Waals surface area contributed by atoms with Crippen LogP contribution in [0.3, 0.4) is 0 Å². The van der Waals surface area contributed by atoms with E-state index in [9.17, 15) is 18.0 Å². The Hall–Kier alpha value is -3.91. The summed E-state index contributed by atoms with van der Waals surface area (Å²) in [5.41, 5.74) is 2.64. The molecule has 1 saturated heterocycles. The Labute approximate surface area is 218 Å². The van der Waals surface area contributed by atoms with Crippen LogP contribution < -0.4 is 20.1 Å². The summed E-state index contributed by atoms with van der Waals surface area (Å²) in [5.74, 6) is -1.30. The van der Waals surface area contributed by atoms with Gasteiger partial charge in [0, 0.05) is 32.4 Å². The Balaban J connectivity index is 0.000000426. The van der Waals surface area contributed by atoms with E-state index < -0.39 is 12.1 Å². The van der Waals surface area contributed by atoms with Gasteiger partial charge in [0.25, 0.3) is 5.91 Å². The molecule has 4 N–H and O–H groups in total. The van der Waals surface area contributed by atoms with Crippen molar-refractivity contribution >= 4 is 51.7 Å². The number of benzene rings is 1. The number of amides is 1. The minimum Gasteiger partial charge on any atom is -0.485 e. The average Bonchev–Trinajstić information content (AvgIpc) is 3.29. The van der Waals surface area contributed by atoms with E-state index in [0.717, 1.165) is 11.1 Å². The number of carbonyl (C=O) groups is 2. The molecule has 0 aliphatic carbocycles. The number of aromatic nitrogens is 2. The molecule has 1 amide bonds. The molecule has 4 heterocycles. The number of nitrogens with zero attached hydrogens (tertiary/aromatic N) is 2. The van der Waals surface area contributed by atoms with E-state index in [1.54, 1.807) is 17.2 Å². The highest BCUT2D eigenvalue weighted by Crippen LogP contribution is 2.42. The number of H-pyrrole nitrogens is 1. The number of carboxylic acid groups (broad SMARTS) is 1. The number of hydrogen-bond donors (Lipinski definition) is 4. The lowest BCUT2D eigenvalue weighted by molar-refractivity contribution is -0.192. The SMILES string of the molecule is CNc1cc(Nc2ccc(C(=O)N3CCOCC3)c3c2OCCO3)nc2[nH]cc(Cl)c12.O=C(O)C(F)(F)F. The van der Waals surface area contributed by atoms with Gasteiger partial charge >= 0.3 is 12.1 Å². The fourth-order valence-corrected chi connectivity index (χ4v) is 4.08. The number of aliphatic carboxylic acids is 1.